The molecule has 0 amide bonds. The van der Waals surface area contributed by atoms with E-state index in [2.05, 4.69) is 28.6 Å². The molecule has 1 N–H and O–H groups in total. The summed E-state index contributed by atoms with van der Waals surface area (Å²) in [5.41, 5.74) is 1.12. The number of hydrogen-bond donors (Lipinski definition) is 1. The Balaban J connectivity index is 2.58. The molecule has 3 nitrogen and oxygen atoms in total. The molecule has 0 atom stereocenters. The van der Waals surface area contributed by atoms with Crippen molar-refractivity contribution in [1.82, 2.24) is 14.8 Å². The van der Waals surface area contributed by atoms with Crippen molar-refractivity contribution in [3.05, 3.63) is 21.1 Å². The molecule has 0 aliphatic rings. The highest BCUT2D eigenvalue weighted by Gasteiger charge is 2.06. The predicted octanol–water partition coefficient (Wildman–Crippen LogP) is 2.51. The molecular formula is C8H9N3S2. The van der Waals surface area contributed by atoms with E-state index < -0.39 is 0 Å². The van der Waals surface area contributed by atoms with Crippen LogP contribution >= 0.6 is 23.6 Å². The Hall–Kier alpha value is -0.940. The van der Waals surface area contributed by atoms with Gasteiger partial charge in [-0.1, -0.05) is 0 Å². The Bertz CT molecular complexity index is 478. The van der Waals surface area contributed by atoms with E-state index in [-0.39, 0.29) is 0 Å². The van der Waals surface area contributed by atoms with Crippen molar-refractivity contribution in [2.45, 2.75) is 6.92 Å². The summed E-state index contributed by atoms with van der Waals surface area (Å²) in [6.07, 6.45) is 0. The second kappa shape index (κ2) is 3.08. The van der Waals surface area contributed by atoms with Crippen molar-refractivity contribution in [3.8, 4) is 11.4 Å². The first-order valence-electron chi connectivity index (χ1n) is 3.85. The van der Waals surface area contributed by atoms with E-state index in [1.807, 2.05) is 11.6 Å². The number of nitrogens with zero attached hydrogens (tertiary/aromatic N) is 2. The molecule has 13 heavy (non-hydrogen) atoms. The summed E-state index contributed by atoms with van der Waals surface area (Å²) in [6, 6.07) is 2.11. The van der Waals surface area contributed by atoms with E-state index in [9.17, 15) is 0 Å². The monoisotopic (exact) mass is 211 g/mol. The minimum absolute atomic E-state index is 0.652. The van der Waals surface area contributed by atoms with Gasteiger partial charge in [0.05, 0.1) is 0 Å². The quantitative estimate of drug-likeness (QED) is 0.735. The molecule has 0 saturated heterocycles. The zero-order valence-corrected chi connectivity index (χ0v) is 9.00. The van der Waals surface area contributed by atoms with Crippen molar-refractivity contribution < 1.29 is 0 Å². The van der Waals surface area contributed by atoms with Gasteiger partial charge in [-0.25, -0.2) is 0 Å². The Morgan fingerprint density at radius 1 is 1.62 bits per heavy atom. The standard InChI is InChI=1S/C8H9N3S2/c1-5-3-6(4-13-5)7-9-10-8(12)11(7)2/h3-4H,1-2H3,(H,10,12). The molecule has 0 radical (unpaired) electrons. The van der Waals surface area contributed by atoms with Crippen molar-refractivity contribution in [3.63, 3.8) is 0 Å². The Labute approximate surface area is 85.0 Å². The van der Waals surface area contributed by atoms with Gasteiger partial charge in [-0.3, -0.25) is 5.10 Å². The topological polar surface area (TPSA) is 33.6 Å². The molecule has 0 aliphatic carbocycles. The molecule has 2 aromatic rings. The van der Waals surface area contributed by atoms with E-state index in [1.165, 1.54) is 4.88 Å². The van der Waals surface area contributed by atoms with Crippen LogP contribution in [0.3, 0.4) is 0 Å². The van der Waals surface area contributed by atoms with Gasteiger partial charge in [0.2, 0.25) is 0 Å². The van der Waals surface area contributed by atoms with Gasteiger partial charge < -0.3 is 4.57 Å². The van der Waals surface area contributed by atoms with Crippen molar-refractivity contribution in [2.75, 3.05) is 0 Å². The van der Waals surface area contributed by atoms with Gasteiger partial charge in [0.1, 0.15) is 0 Å². The van der Waals surface area contributed by atoms with Crippen LogP contribution in [0.4, 0.5) is 0 Å². The Morgan fingerprint density at radius 2 is 2.38 bits per heavy atom. The van der Waals surface area contributed by atoms with E-state index >= 15 is 0 Å². The highest BCUT2D eigenvalue weighted by atomic mass is 32.1. The molecule has 0 unspecified atom stereocenters. The fraction of sp³-hybridized carbons (Fsp3) is 0.250. The molecule has 0 bridgehead atoms. The second-order valence-electron chi connectivity index (χ2n) is 2.86. The van der Waals surface area contributed by atoms with Crippen LogP contribution in [0.25, 0.3) is 11.4 Å². The summed E-state index contributed by atoms with van der Waals surface area (Å²) in [7, 11) is 1.91. The molecular weight excluding hydrogens is 202 g/mol. The van der Waals surface area contributed by atoms with E-state index in [1.54, 1.807) is 11.3 Å². The third-order valence-corrected chi connectivity index (χ3v) is 3.10. The molecule has 2 heterocycles. The lowest BCUT2D eigenvalue weighted by Crippen LogP contribution is -1.90. The van der Waals surface area contributed by atoms with Crippen LogP contribution in [0.15, 0.2) is 11.4 Å². The smallest absolute Gasteiger partial charge is 0.195 e. The third kappa shape index (κ3) is 1.45. The maximum absolute atomic E-state index is 5.03. The summed E-state index contributed by atoms with van der Waals surface area (Å²) < 4.78 is 2.52. The second-order valence-corrected chi connectivity index (χ2v) is 4.36. The van der Waals surface area contributed by atoms with Crippen LogP contribution < -0.4 is 0 Å². The summed E-state index contributed by atoms with van der Waals surface area (Å²) in [5, 5.41) is 9.00. The SMILES string of the molecule is Cc1cc(-c2n[nH]c(=S)n2C)cs1. The molecule has 2 rings (SSSR count). The number of hydrogen-bond acceptors (Lipinski definition) is 3. The van der Waals surface area contributed by atoms with Gasteiger partial charge in [0.15, 0.2) is 10.6 Å². The lowest BCUT2D eigenvalue weighted by Gasteiger charge is -1.94. The normalized spacial score (nSPS) is 10.6. The molecule has 0 aliphatic heterocycles. The summed E-state index contributed by atoms with van der Waals surface area (Å²) in [4.78, 5) is 1.28. The number of aromatic amines is 1. The van der Waals surface area contributed by atoms with Crippen molar-refractivity contribution in [1.29, 1.82) is 0 Å². The van der Waals surface area contributed by atoms with Gasteiger partial charge in [0, 0.05) is 22.9 Å². The summed E-state index contributed by atoms with van der Waals surface area (Å²) >= 11 is 6.75. The molecule has 0 spiro atoms. The Morgan fingerprint density at radius 3 is 2.85 bits per heavy atom. The highest BCUT2D eigenvalue weighted by Crippen LogP contribution is 2.22. The van der Waals surface area contributed by atoms with E-state index in [0.29, 0.717) is 4.77 Å². The first-order chi connectivity index (χ1) is 6.18. The van der Waals surface area contributed by atoms with Gasteiger partial charge in [-0.15, -0.1) is 11.3 Å². The minimum atomic E-state index is 0.652. The van der Waals surface area contributed by atoms with Crippen LogP contribution in [0, 0.1) is 11.7 Å². The lowest BCUT2D eigenvalue weighted by molar-refractivity contribution is 0.902. The maximum atomic E-state index is 5.03. The fourth-order valence-electron chi connectivity index (χ4n) is 1.17. The van der Waals surface area contributed by atoms with Crippen LogP contribution in [-0.2, 0) is 7.05 Å². The van der Waals surface area contributed by atoms with Crippen molar-refractivity contribution in [2.24, 2.45) is 7.05 Å². The van der Waals surface area contributed by atoms with Crippen molar-refractivity contribution >= 4 is 23.6 Å². The zero-order chi connectivity index (χ0) is 9.42. The third-order valence-electron chi connectivity index (χ3n) is 1.87. The maximum Gasteiger partial charge on any atom is 0.195 e. The van der Waals surface area contributed by atoms with Crippen LogP contribution in [0.5, 0.6) is 0 Å². The minimum Gasteiger partial charge on any atom is -0.303 e. The van der Waals surface area contributed by atoms with Gasteiger partial charge in [-0.2, -0.15) is 5.10 Å². The molecule has 68 valence electrons. The summed E-state index contributed by atoms with van der Waals surface area (Å²) in [6.45, 7) is 2.08. The Kier molecular flexibility index (Phi) is 2.05. The van der Waals surface area contributed by atoms with Gasteiger partial charge in [0.25, 0.3) is 0 Å². The molecule has 0 fully saturated rings. The highest BCUT2D eigenvalue weighted by molar-refractivity contribution is 7.71. The number of thiophene rings is 1. The van der Waals surface area contributed by atoms with Crippen LogP contribution in [0.1, 0.15) is 4.88 Å². The zero-order valence-electron chi connectivity index (χ0n) is 7.37. The molecule has 5 heteroatoms. The number of H-pyrrole nitrogens is 1. The van der Waals surface area contributed by atoms with Gasteiger partial charge in [-0.05, 0) is 25.2 Å². The van der Waals surface area contributed by atoms with Gasteiger partial charge >= 0.3 is 0 Å². The predicted molar refractivity (Wildman–Crippen MR) is 56.4 cm³/mol. The number of nitrogens with one attached hydrogen (secondary N) is 1. The first-order valence-corrected chi connectivity index (χ1v) is 5.14. The number of aryl methyl sites for hydroxylation is 1. The molecule has 2 aromatic heterocycles. The molecule has 0 saturated carbocycles. The van der Waals surface area contributed by atoms with Crippen LogP contribution in [0.2, 0.25) is 0 Å². The molecule has 0 aromatic carbocycles. The average molecular weight is 211 g/mol. The number of rotatable bonds is 1. The largest absolute Gasteiger partial charge is 0.303 e. The lowest BCUT2D eigenvalue weighted by atomic mass is 10.3. The fourth-order valence-corrected chi connectivity index (χ4v) is 1.98. The summed E-state index contributed by atoms with van der Waals surface area (Å²) in [5.74, 6) is 0.898. The average Bonchev–Trinajstić information content (AvgIpc) is 2.62. The first kappa shape index (κ1) is 8.65. The van der Waals surface area contributed by atoms with E-state index in [0.717, 1.165) is 11.4 Å². The van der Waals surface area contributed by atoms with E-state index in [4.69, 9.17) is 12.2 Å². The van der Waals surface area contributed by atoms with Crippen LogP contribution in [-0.4, -0.2) is 14.8 Å². The number of aromatic nitrogens is 3.